The Balaban J connectivity index is 1.89. The smallest absolute Gasteiger partial charge is 0.323 e. The van der Waals surface area contributed by atoms with E-state index in [0.29, 0.717) is 5.92 Å². The topological polar surface area (TPSA) is 38.3 Å². The Morgan fingerprint density at radius 2 is 2.12 bits per heavy atom. The third kappa shape index (κ3) is 2.83. The molecule has 86 valence electrons. The lowest BCUT2D eigenvalue weighted by Gasteiger charge is -2.15. The largest absolute Gasteiger partial charge is 0.468 e. The van der Waals surface area contributed by atoms with Crippen LogP contribution in [-0.2, 0) is 16.1 Å². The fourth-order valence-electron chi connectivity index (χ4n) is 1.82. The van der Waals surface area contributed by atoms with Gasteiger partial charge in [-0.3, -0.25) is 4.79 Å². The molecule has 1 unspecified atom stereocenters. The number of carbonyl (C=O) groups excluding carboxylic acids is 1. The van der Waals surface area contributed by atoms with Gasteiger partial charge < -0.3 is 10.1 Å². The Labute approximate surface area is 95.8 Å². The zero-order valence-electron chi connectivity index (χ0n) is 9.48. The van der Waals surface area contributed by atoms with Gasteiger partial charge in [-0.05, 0) is 24.3 Å². The Hall–Kier alpha value is -1.35. The molecule has 0 bridgehead atoms. The number of rotatable bonds is 5. The van der Waals surface area contributed by atoms with Gasteiger partial charge in [0.1, 0.15) is 6.04 Å². The van der Waals surface area contributed by atoms with Gasteiger partial charge in [0.25, 0.3) is 0 Å². The molecule has 1 atom stereocenters. The highest BCUT2D eigenvalue weighted by atomic mass is 16.5. The summed E-state index contributed by atoms with van der Waals surface area (Å²) in [6, 6.07) is 9.96. The predicted molar refractivity (Wildman–Crippen MR) is 61.8 cm³/mol. The van der Waals surface area contributed by atoms with Gasteiger partial charge in [-0.2, -0.15) is 0 Å². The van der Waals surface area contributed by atoms with E-state index in [4.69, 9.17) is 4.74 Å². The van der Waals surface area contributed by atoms with Crippen molar-refractivity contribution >= 4 is 5.97 Å². The van der Waals surface area contributed by atoms with Crippen LogP contribution >= 0.6 is 0 Å². The third-order valence-corrected chi connectivity index (χ3v) is 2.92. The van der Waals surface area contributed by atoms with E-state index in [2.05, 4.69) is 5.32 Å². The highest BCUT2D eigenvalue weighted by Crippen LogP contribution is 2.33. The van der Waals surface area contributed by atoms with Crippen LogP contribution in [0.2, 0.25) is 0 Å². The lowest BCUT2D eigenvalue weighted by molar-refractivity contribution is -0.143. The first-order valence-electron chi connectivity index (χ1n) is 5.66. The van der Waals surface area contributed by atoms with E-state index >= 15 is 0 Å². The van der Waals surface area contributed by atoms with E-state index in [1.165, 1.54) is 12.7 Å². The molecule has 0 saturated heterocycles. The summed E-state index contributed by atoms with van der Waals surface area (Å²) in [6.07, 6.45) is 2.25. The SMILES string of the molecule is COC(=O)C(NCc1ccccc1)C1CC1. The predicted octanol–water partition coefficient (Wildman–Crippen LogP) is 1.73. The molecule has 1 aromatic rings. The fraction of sp³-hybridized carbons (Fsp3) is 0.462. The van der Waals surface area contributed by atoms with Crippen molar-refractivity contribution in [2.45, 2.75) is 25.4 Å². The highest BCUT2D eigenvalue weighted by Gasteiger charge is 2.36. The average molecular weight is 219 g/mol. The molecular formula is C13H17NO2. The quantitative estimate of drug-likeness (QED) is 0.766. The molecule has 1 fully saturated rings. The number of hydrogen-bond donors (Lipinski definition) is 1. The van der Waals surface area contributed by atoms with Crippen molar-refractivity contribution in [3.05, 3.63) is 35.9 Å². The van der Waals surface area contributed by atoms with E-state index in [1.807, 2.05) is 30.3 Å². The molecule has 3 nitrogen and oxygen atoms in total. The molecule has 1 aliphatic carbocycles. The Morgan fingerprint density at radius 3 is 2.69 bits per heavy atom. The van der Waals surface area contributed by atoms with Gasteiger partial charge in [0.15, 0.2) is 0 Å². The molecule has 0 aromatic heterocycles. The molecule has 0 heterocycles. The second-order valence-electron chi connectivity index (χ2n) is 4.20. The molecular weight excluding hydrogens is 202 g/mol. The van der Waals surface area contributed by atoms with Gasteiger partial charge in [-0.1, -0.05) is 30.3 Å². The van der Waals surface area contributed by atoms with Crippen LogP contribution < -0.4 is 5.32 Å². The second-order valence-corrected chi connectivity index (χ2v) is 4.20. The molecule has 1 aromatic carbocycles. The molecule has 0 radical (unpaired) electrons. The van der Waals surface area contributed by atoms with Crippen LogP contribution in [0.25, 0.3) is 0 Å². The number of methoxy groups -OCH3 is 1. The minimum atomic E-state index is -0.140. The summed E-state index contributed by atoms with van der Waals surface area (Å²) in [5.41, 5.74) is 1.19. The van der Waals surface area contributed by atoms with Crippen LogP contribution in [0.1, 0.15) is 18.4 Å². The van der Waals surface area contributed by atoms with Crippen molar-refractivity contribution in [1.29, 1.82) is 0 Å². The van der Waals surface area contributed by atoms with Crippen LogP contribution in [-0.4, -0.2) is 19.1 Å². The molecule has 0 spiro atoms. The fourth-order valence-corrected chi connectivity index (χ4v) is 1.82. The number of hydrogen-bond acceptors (Lipinski definition) is 3. The maximum absolute atomic E-state index is 11.5. The van der Waals surface area contributed by atoms with E-state index in [1.54, 1.807) is 0 Å². The van der Waals surface area contributed by atoms with Crippen molar-refractivity contribution in [3.63, 3.8) is 0 Å². The summed E-state index contributed by atoms with van der Waals surface area (Å²) in [6.45, 7) is 0.719. The van der Waals surface area contributed by atoms with E-state index in [9.17, 15) is 4.79 Å². The first-order chi connectivity index (χ1) is 7.81. The first-order valence-corrected chi connectivity index (χ1v) is 5.66. The maximum Gasteiger partial charge on any atom is 0.323 e. The minimum Gasteiger partial charge on any atom is -0.468 e. The van der Waals surface area contributed by atoms with Crippen molar-refractivity contribution in [2.24, 2.45) is 5.92 Å². The van der Waals surface area contributed by atoms with Crippen LogP contribution in [0.15, 0.2) is 30.3 Å². The van der Waals surface area contributed by atoms with Gasteiger partial charge in [0.05, 0.1) is 7.11 Å². The zero-order valence-corrected chi connectivity index (χ0v) is 9.48. The van der Waals surface area contributed by atoms with Gasteiger partial charge in [0.2, 0.25) is 0 Å². The molecule has 2 rings (SSSR count). The minimum absolute atomic E-state index is 0.134. The van der Waals surface area contributed by atoms with E-state index in [0.717, 1.165) is 19.4 Å². The van der Waals surface area contributed by atoms with Crippen molar-refractivity contribution in [3.8, 4) is 0 Å². The maximum atomic E-state index is 11.5. The zero-order chi connectivity index (χ0) is 11.4. The van der Waals surface area contributed by atoms with Crippen LogP contribution in [0.4, 0.5) is 0 Å². The normalized spacial score (nSPS) is 16.8. The van der Waals surface area contributed by atoms with E-state index in [-0.39, 0.29) is 12.0 Å². The number of esters is 1. The number of benzene rings is 1. The first kappa shape index (κ1) is 11.1. The summed E-state index contributed by atoms with van der Waals surface area (Å²) < 4.78 is 4.80. The Kier molecular flexibility index (Phi) is 3.57. The molecule has 3 heteroatoms. The molecule has 0 aliphatic heterocycles. The van der Waals surface area contributed by atoms with Gasteiger partial charge in [0, 0.05) is 6.54 Å². The van der Waals surface area contributed by atoms with Gasteiger partial charge in [-0.15, -0.1) is 0 Å². The second kappa shape index (κ2) is 5.12. The summed E-state index contributed by atoms with van der Waals surface area (Å²) in [7, 11) is 1.45. The van der Waals surface area contributed by atoms with Crippen molar-refractivity contribution in [2.75, 3.05) is 7.11 Å². The third-order valence-electron chi connectivity index (χ3n) is 2.92. The monoisotopic (exact) mass is 219 g/mol. The lowest BCUT2D eigenvalue weighted by atomic mass is 10.1. The molecule has 1 saturated carbocycles. The molecule has 0 amide bonds. The summed E-state index contributed by atoms with van der Waals surface area (Å²) in [5.74, 6) is 0.328. The van der Waals surface area contributed by atoms with Crippen LogP contribution in [0.3, 0.4) is 0 Å². The standard InChI is InChI=1S/C13H17NO2/c1-16-13(15)12(11-7-8-11)14-9-10-5-3-2-4-6-10/h2-6,11-12,14H,7-9H2,1H3. The van der Waals surface area contributed by atoms with Gasteiger partial charge >= 0.3 is 5.97 Å². The number of carbonyl (C=O) groups is 1. The van der Waals surface area contributed by atoms with Crippen LogP contribution in [0.5, 0.6) is 0 Å². The molecule has 1 aliphatic rings. The van der Waals surface area contributed by atoms with Crippen molar-refractivity contribution < 1.29 is 9.53 Å². The van der Waals surface area contributed by atoms with Gasteiger partial charge in [-0.25, -0.2) is 0 Å². The summed E-state index contributed by atoms with van der Waals surface area (Å²) >= 11 is 0. The van der Waals surface area contributed by atoms with Crippen LogP contribution in [0, 0.1) is 5.92 Å². The molecule has 1 N–H and O–H groups in total. The molecule has 16 heavy (non-hydrogen) atoms. The Morgan fingerprint density at radius 1 is 1.44 bits per heavy atom. The summed E-state index contributed by atoms with van der Waals surface area (Å²) in [4.78, 5) is 11.5. The highest BCUT2D eigenvalue weighted by molar-refractivity contribution is 5.76. The van der Waals surface area contributed by atoms with Crippen molar-refractivity contribution in [1.82, 2.24) is 5.32 Å². The average Bonchev–Trinajstić information content (AvgIpc) is 3.15. The Bertz CT molecular complexity index is 346. The summed E-state index contributed by atoms with van der Waals surface area (Å²) in [5, 5.41) is 3.27. The number of ether oxygens (including phenoxy) is 1. The van der Waals surface area contributed by atoms with E-state index < -0.39 is 0 Å². The lowest BCUT2D eigenvalue weighted by Crippen LogP contribution is -2.39. The number of nitrogens with one attached hydrogen (secondary N) is 1.